The van der Waals surface area contributed by atoms with Gasteiger partial charge in [-0.15, -0.1) is 0 Å². The Balaban J connectivity index is 1.97. The van der Waals surface area contributed by atoms with Crippen LogP contribution in [0, 0.1) is 0 Å². The quantitative estimate of drug-likeness (QED) is 0.746. The maximum atomic E-state index is 12.5. The smallest absolute Gasteiger partial charge is 0.446 e. The van der Waals surface area contributed by atoms with Crippen molar-refractivity contribution in [3.63, 3.8) is 0 Å². The molecule has 0 aromatic heterocycles. The summed E-state index contributed by atoms with van der Waals surface area (Å²) in [6.07, 6.45) is 0. The number of carboxylic acid groups (broad SMARTS) is 1. The van der Waals surface area contributed by atoms with E-state index in [-0.39, 0.29) is 23.3 Å². The van der Waals surface area contributed by atoms with Gasteiger partial charge in [0, 0.05) is 10.5 Å². The van der Waals surface area contributed by atoms with Gasteiger partial charge < -0.3 is 14.6 Å². The molecule has 0 saturated carbocycles. The number of carboxylic acids is 1. The van der Waals surface area contributed by atoms with Gasteiger partial charge in [-0.25, -0.2) is 4.79 Å². The van der Waals surface area contributed by atoms with Crippen molar-refractivity contribution in [1.29, 1.82) is 0 Å². The summed E-state index contributed by atoms with van der Waals surface area (Å²) in [7, 11) is 0. The van der Waals surface area contributed by atoms with E-state index >= 15 is 0 Å². The molecule has 0 fully saturated rings. The molecule has 1 N–H and O–H groups in total. The summed E-state index contributed by atoms with van der Waals surface area (Å²) in [5.74, 6) is -0.295. The zero-order chi connectivity index (χ0) is 17.6. The maximum Gasteiger partial charge on any atom is 0.446 e. The molecular formula is C16H13F3O4S. The second-order valence-electron chi connectivity index (χ2n) is 4.60. The third-order valence-electron chi connectivity index (χ3n) is 2.78. The first-order valence-electron chi connectivity index (χ1n) is 6.74. The van der Waals surface area contributed by atoms with E-state index in [1.165, 1.54) is 24.3 Å². The number of aliphatic carboxylic acids is 1. The van der Waals surface area contributed by atoms with E-state index < -0.39 is 18.1 Å². The highest BCUT2D eigenvalue weighted by atomic mass is 32.2. The lowest BCUT2D eigenvalue weighted by Gasteiger charge is -2.12. The molecule has 2 rings (SSSR count). The normalized spacial score (nSPS) is 11.1. The lowest BCUT2D eigenvalue weighted by Crippen LogP contribution is -2.09. The largest absolute Gasteiger partial charge is 0.489 e. The van der Waals surface area contributed by atoms with Crippen LogP contribution in [0.5, 0.6) is 11.5 Å². The molecule has 0 unspecified atom stereocenters. The fraction of sp³-hybridized carbons (Fsp3) is 0.188. The van der Waals surface area contributed by atoms with Crippen LogP contribution in [-0.2, 0) is 11.4 Å². The molecule has 2 aromatic carbocycles. The summed E-state index contributed by atoms with van der Waals surface area (Å²) in [6.45, 7) is -0.475. The minimum atomic E-state index is -4.36. The molecule has 128 valence electrons. The first-order valence-corrected chi connectivity index (χ1v) is 7.56. The van der Waals surface area contributed by atoms with E-state index in [0.717, 1.165) is 0 Å². The fourth-order valence-corrected chi connectivity index (χ4v) is 2.44. The predicted molar refractivity (Wildman–Crippen MR) is 82.3 cm³/mol. The molecule has 4 nitrogen and oxygen atoms in total. The van der Waals surface area contributed by atoms with Crippen molar-refractivity contribution in [1.82, 2.24) is 0 Å². The summed E-state index contributed by atoms with van der Waals surface area (Å²) in [4.78, 5) is 10.5. The van der Waals surface area contributed by atoms with Crippen LogP contribution in [-0.4, -0.2) is 23.2 Å². The van der Waals surface area contributed by atoms with Crippen LogP contribution in [0.3, 0.4) is 0 Å². The molecule has 0 amide bonds. The Morgan fingerprint density at radius 1 is 1.00 bits per heavy atom. The molecule has 24 heavy (non-hydrogen) atoms. The van der Waals surface area contributed by atoms with Crippen LogP contribution >= 0.6 is 11.8 Å². The van der Waals surface area contributed by atoms with Gasteiger partial charge in [-0.3, -0.25) is 0 Å². The number of thioether (sulfide) groups is 1. The number of halogens is 3. The van der Waals surface area contributed by atoms with Crippen LogP contribution < -0.4 is 9.47 Å². The SMILES string of the molecule is O=C(O)COc1ccc(OCc2ccccc2SC(F)(F)F)cc1. The van der Waals surface area contributed by atoms with E-state index in [1.54, 1.807) is 24.3 Å². The molecule has 2 aromatic rings. The molecule has 8 heteroatoms. The lowest BCUT2D eigenvalue weighted by molar-refractivity contribution is -0.139. The molecule has 0 aliphatic carbocycles. The fourth-order valence-electron chi connectivity index (χ4n) is 1.79. The van der Waals surface area contributed by atoms with Crippen molar-refractivity contribution in [3.05, 3.63) is 54.1 Å². The number of hydrogen-bond acceptors (Lipinski definition) is 4. The third-order valence-corrected chi connectivity index (χ3v) is 3.63. The molecule has 0 saturated heterocycles. The van der Waals surface area contributed by atoms with Crippen molar-refractivity contribution >= 4 is 17.7 Å². The van der Waals surface area contributed by atoms with Gasteiger partial charge in [0.15, 0.2) is 6.61 Å². The van der Waals surface area contributed by atoms with Crippen molar-refractivity contribution in [2.75, 3.05) is 6.61 Å². The molecule has 0 aliphatic heterocycles. The second kappa shape index (κ2) is 7.96. The topological polar surface area (TPSA) is 55.8 Å². The van der Waals surface area contributed by atoms with Crippen LogP contribution in [0.25, 0.3) is 0 Å². The Hall–Kier alpha value is -2.35. The Labute approximate surface area is 140 Å². The van der Waals surface area contributed by atoms with Crippen molar-refractivity contribution in [2.24, 2.45) is 0 Å². The lowest BCUT2D eigenvalue weighted by atomic mass is 10.2. The van der Waals surface area contributed by atoms with E-state index in [2.05, 4.69) is 0 Å². The number of hydrogen-bond donors (Lipinski definition) is 1. The standard InChI is InChI=1S/C16H13F3O4S/c17-16(18,19)24-14-4-2-1-3-11(14)9-22-12-5-7-13(8-6-12)23-10-15(20)21/h1-8H,9-10H2,(H,20,21). The highest BCUT2D eigenvalue weighted by Gasteiger charge is 2.30. The zero-order valence-electron chi connectivity index (χ0n) is 12.2. The Bertz CT molecular complexity index is 686. The summed E-state index contributed by atoms with van der Waals surface area (Å²) >= 11 is -0.181. The Morgan fingerprint density at radius 2 is 1.58 bits per heavy atom. The first-order chi connectivity index (χ1) is 11.3. The number of ether oxygens (including phenoxy) is 2. The average molecular weight is 358 g/mol. The van der Waals surface area contributed by atoms with Crippen LogP contribution in [0.2, 0.25) is 0 Å². The van der Waals surface area contributed by atoms with Gasteiger partial charge in [0.05, 0.1) is 0 Å². The van der Waals surface area contributed by atoms with Crippen LogP contribution in [0.4, 0.5) is 13.2 Å². The third kappa shape index (κ3) is 6.04. The van der Waals surface area contributed by atoms with Crippen molar-refractivity contribution in [3.8, 4) is 11.5 Å². The van der Waals surface area contributed by atoms with E-state index in [9.17, 15) is 18.0 Å². The van der Waals surface area contributed by atoms with Crippen molar-refractivity contribution in [2.45, 2.75) is 17.0 Å². The molecule has 0 bridgehead atoms. The van der Waals surface area contributed by atoms with Crippen LogP contribution in [0.15, 0.2) is 53.4 Å². The minimum Gasteiger partial charge on any atom is -0.489 e. The van der Waals surface area contributed by atoms with E-state index in [1.807, 2.05) is 0 Å². The van der Waals surface area contributed by atoms with Gasteiger partial charge >= 0.3 is 11.5 Å². The number of rotatable bonds is 7. The average Bonchev–Trinajstić information content (AvgIpc) is 2.51. The summed E-state index contributed by atoms with van der Waals surface area (Å²) < 4.78 is 48.0. The van der Waals surface area contributed by atoms with Gasteiger partial charge in [-0.05, 0) is 42.1 Å². The number of alkyl halides is 3. The summed E-state index contributed by atoms with van der Waals surface area (Å²) in [6, 6.07) is 12.3. The highest BCUT2D eigenvalue weighted by molar-refractivity contribution is 8.00. The maximum absolute atomic E-state index is 12.5. The highest BCUT2D eigenvalue weighted by Crippen LogP contribution is 2.38. The second-order valence-corrected chi connectivity index (χ2v) is 5.70. The molecule has 0 heterocycles. The Kier molecular flexibility index (Phi) is 5.97. The predicted octanol–water partition coefficient (Wildman–Crippen LogP) is 4.34. The number of carbonyl (C=O) groups is 1. The first kappa shape index (κ1) is 18.0. The van der Waals surface area contributed by atoms with Gasteiger partial charge in [0.25, 0.3) is 0 Å². The van der Waals surface area contributed by atoms with Crippen LogP contribution in [0.1, 0.15) is 5.56 Å². The van der Waals surface area contributed by atoms with Gasteiger partial charge in [-0.1, -0.05) is 18.2 Å². The molecular weight excluding hydrogens is 345 g/mol. The summed E-state index contributed by atoms with van der Waals surface area (Å²) in [5.41, 5.74) is -3.94. The van der Waals surface area contributed by atoms with E-state index in [4.69, 9.17) is 14.6 Å². The Morgan fingerprint density at radius 3 is 2.17 bits per heavy atom. The number of benzene rings is 2. The molecule has 0 spiro atoms. The van der Waals surface area contributed by atoms with Gasteiger partial charge in [0.2, 0.25) is 0 Å². The summed E-state index contributed by atoms with van der Waals surface area (Å²) in [5, 5.41) is 8.51. The van der Waals surface area contributed by atoms with Gasteiger partial charge in [0.1, 0.15) is 18.1 Å². The minimum absolute atomic E-state index is 0.0193. The van der Waals surface area contributed by atoms with E-state index in [0.29, 0.717) is 17.1 Å². The van der Waals surface area contributed by atoms with Crippen molar-refractivity contribution < 1.29 is 32.5 Å². The molecule has 0 radical (unpaired) electrons. The molecule has 0 aliphatic rings. The zero-order valence-corrected chi connectivity index (χ0v) is 13.1. The van der Waals surface area contributed by atoms with Gasteiger partial charge in [-0.2, -0.15) is 13.2 Å². The monoisotopic (exact) mass is 358 g/mol. The molecule has 0 atom stereocenters.